The second-order valence-electron chi connectivity index (χ2n) is 6.49. The molecule has 1 saturated carbocycles. The van der Waals surface area contributed by atoms with Gasteiger partial charge in [-0.05, 0) is 68.1 Å². The molecule has 0 aliphatic heterocycles. The summed E-state index contributed by atoms with van der Waals surface area (Å²) in [5.74, 6) is -0.640. The molecule has 3 rings (SSSR count). The Bertz CT molecular complexity index is 840. The summed E-state index contributed by atoms with van der Waals surface area (Å²) < 4.78 is 0. The van der Waals surface area contributed by atoms with Gasteiger partial charge in [0.05, 0.1) is 10.7 Å². The zero-order valence-electron chi connectivity index (χ0n) is 14.0. The molecular weight excluding hydrogens is 359 g/mol. The monoisotopic (exact) mass is 376 g/mol. The Morgan fingerprint density at radius 1 is 0.920 bits per heavy atom. The van der Waals surface area contributed by atoms with Crippen molar-refractivity contribution in [1.29, 1.82) is 0 Å². The summed E-state index contributed by atoms with van der Waals surface area (Å²) in [6, 6.07) is 10.6. The number of halogens is 2. The van der Waals surface area contributed by atoms with Crippen LogP contribution < -0.4 is 10.6 Å². The molecule has 2 aromatic rings. The quantitative estimate of drug-likeness (QED) is 0.740. The molecule has 0 bridgehead atoms. The van der Waals surface area contributed by atoms with Crippen LogP contribution in [0.1, 0.15) is 24.0 Å². The molecule has 6 heteroatoms. The first-order valence-corrected chi connectivity index (χ1v) is 8.72. The Balaban J connectivity index is 1.74. The first kappa shape index (κ1) is 17.8. The number of carbonyl (C=O) groups excluding carboxylic acids is 2. The Morgan fingerprint density at radius 3 is 2.08 bits per heavy atom. The smallest absolute Gasteiger partial charge is 0.240 e. The van der Waals surface area contributed by atoms with Gasteiger partial charge in [-0.2, -0.15) is 0 Å². The minimum Gasteiger partial charge on any atom is -0.325 e. The van der Waals surface area contributed by atoms with Crippen LogP contribution in [0.4, 0.5) is 11.4 Å². The predicted molar refractivity (Wildman–Crippen MR) is 101 cm³/mol. The van der Waals surface area contributed by atoms with E-state index >= 15 is 0 Å². The van der Waals surface area contributed by atoms with Crippen LogP contribution in [-0.4, -0.2) is 11.8 Å². The van der Waals surface area contributed by atoms with Gasteiger partial charge in [-0.25, -0.2) is 0 Å². The van der Waals surface area contributed by atoms with Crippen LogP contribution in [0.15, 0.2) is 36.4 Å². The van der Waals surface area contributed by atoms with Crippen LogP contribution in [-0.2, 0) is 9.59 Å². The Morgan fingerprint density at radius 2 is 1.52 bits per heavy atom. The highest BCUT2D eigenvalue weighted by Crippen LogP contribution is 2.48. The van der Waals surface area contributed by atoms with E-state index in [-0.39, 0.29) is 11.8 Å². The van der Waals surface area contributed by atoms with Crippen molar-refractivity contribution in [3.05, 3.63) is 57.6 Å². The van der Waals surface area contributed by atoms with Crippen molar-refractivity contribution < 1.29 is 9.59 Å². The minimum absolute atomic E-state index is 0.292. The number of carbonyl (C=O) groups is 2. The molecule has 0 radical (unpaired) electrons. The molecular formula is C19H18Cl2N2O2. The van der Waals surface area contributed by atoms with Crippen molar-refractivity contribution in [2.75, 3.05) is 10.6 Å². The van der Waals surface area contributed by atoms with E-state index in [1.807, 2.05) is 32.0 Å². The molecule has 0 aromatic heterocycles. The third-order valence-corrected chi connectivity index (χ3v) is 4.83. The summed E-state index contributed by atoms with van der Waals surface area (Å²) >= 11 is 11.9. The maximum Gasteiger partial charge on any atom is 0.240 e. The van der Waals surface area contributed by atoms with Crippen LogP contribution in [0.3, 0.4) is 0 Å². The highest BCUT2D eigenvalue weighted by Gasteiger charge is 2.56. The summed E-state index contributed by atoms with van der Waals surface area (Å²) in [4.78, 5) is 25.3. The molecule has 2 aromatic carbocycles. The number of hydrogen-bond acceptors (Lipinski definition) is 2. The van der Waals surface area contributed by atoms with Crippen molar-refractivity contribution in [2.24, 2.45) is 5.41 Å². The number of rotatable bonds is 4. The van der Waals surface area contributed by atoms with Crippen LogP contribution in [0, 0.1) is 19.3 Å². The second kappa shape index (κ2) is 6.70. The molecule has 4 nitrogen and oxygen atoms in total. The molecule has 0 unspecified atom stereocenters. The topological polar surface area (TPSA) is 58.2 Å². The average Bonchev–Trinajstić information content (AvgIpc) is 3.30. The lowest BCUT2D eigenvalue weighted by atomic mass is 10.0. The van der Waals surface area contributed by atoms with Crippen LogP contribution in [0.5, 0.6) is 0 Å². The van der Waals surface area contributed by atoms with E-state index in [2.05, 4.69) is 10.6 Å². The Labute approximate surface area is 156 Å². The van der Waals surface area contributed by atoms with Crippen LogP contribution in [0.25, 0.3) is 0 Å². The van der Waals surface area contributed by atoms with E-state index < -0.39 is 5.41 Å². The highest BCUT2D eigenvalue weighted by atomic mass is 35.5. The summed E-state index contributed by atoms with van der Waals surface area (Å²) in [5, 5.41) is 6.42. The Hall–Kier alpha value is -2.04. The summed E-state index contributed by atoms with van der Waals surface area (Å²) in [6.45, 7) is 3.93. The summed E-state index contributed by atoms with van der Waals surface area (Å²) in [5.41, 5.74) is 2.21. The molecule has 2 N–H and O–H groups in total. The van der Waals surface area contributed by atoms with Gasteiger partial charge >= 0.3 is 0 Å². The van der Waals surface area contributed by atoms with E-state index in [0.717, 1.165) is 11.1 Å². The third kappa shape index (κ3) is 3.80. The lowest BCUT2D eigenvalue weighted by Gasteiger charge is -2.16. The molecule has 2 amide bonds. The lowest BCUT2D eigenvalue weighted by molar-refractivity contribution is -0.131. The van der Waals surface area contributed by atoms with Gasteiger partial charge in [-0.3, -0.25) is 9.59 Å². The Kier molecular flexibility index (Phi) is 4.76. The number of anilines is 2. The third-order valence-electron chi connectivity index (χ3n) is 4.28. The first-order valence-electron chi connectivity index (χ1n) is 7.96. The molecule has 130 valence electrons. The van der Waals surface area contributed by atoms with Gasteiger partial charge in [0.2, 0.25) is 11.8 Å². The van der Waals surface area contributed by atoms with Crippen LogP contribution in [0.2, 0.25) is 10.0 Å². The number of hydrogen-bond donors (Lipinski definition) is 2. The molecule has 1 fully saturated rings. The van der Waals surface area contributed by atoms with E-state index in [9.17, 15) is 9.59 Å². The summed E-state index contributed by atoms with van der Waals surface area (Å²) in [7, 11) is 0. The van der Waals surface area contributed by atoms with Gasteiger partial charge < -0.3 is 10.6 Å². The van der Waals surface area contributed by atoms with E-state index in [0.29, 0.717) is 34.3 Å². The van der Waals surface area contributed by atoms with E-state index in [1.54, 1.807) is 18.2 Å². The van der Waals surface area contributed by atoms with Crippen molar-refractivity contribution >= 4 is 46.4 Å². The van der Waals surface area contributed by atoms with Crippen LogP contribution >= 0.6 is 23.2 Å². The fourth-order valence-corrected chi connectivity index (χ4v) is 3.27. The average molecular weight is 377 g/mol. The fraction of sp³-hybridized carbons (Fsp3) is 0.263. The molecule has 0 spiro atoms. The standard InChI is InChI=1S/C19H18Cl2N2O2/c1-11-7-12(2)9-14(8-11)22-17(24)19(5-6-19)18(25)23-16-4-3-13(20)10-15(16)21/h3-4,7-10H,5-6H2,1-2H3,(H,22,24)(H,23,25). The molecule has 1 aliphatic carbocycles. The van der Waals surface area contributed by atoms with Gasteiger partial charge in [0, 0.05) is 10.7 Å². The number of benzene rings is 2. The highest BCUT2D eigenvalue weighted by molar-refractivity contribution is 6.37. The van der Waals surface area contributed by atoms with E-state index in [4.69, 9.17) is 23.2 Å². The predicted octanol–water partition coefficient (Wildman–Crippen LogP) is 4.97. The number of amides is 2. The molecule has 0 saturated heterocycles. The maximum atomic E-state index is 12.7. The molecule has 25 heavy (non-hydrogen) atoms. The fourth-order valence-electron chi connectivity index (χ4n) is 2.81. The second-order valence-corrected chi connectivity index (χ2v) is 7.33. The van der Waals surface area contributed by atoms with Gasteiger partial charge in [0.15, 0.2) is 0 Å². The molecule has 0 atom stereocenters. The van der Waals surface area contributed by atoms with Gasteiger partial charge in [0.1, 0.15) is 5.41 Å². The van der Waals surface area contributed by atoms with Crippen molar-refractivity contribution in [1.82, 2.24) is 0 Å². The van der Waals surface area contributed by atoms with E-state index in [1.165, 1.54) is 0 Å². The van der Waals surface area contributed by atoms with Crippen molar-refractivity contribution in [3.8, 4) is 0 Å². The number of nitrogens with one attached hydrogen (secondary N) is 2. The molecule has 1 aliphatic rings. The largest absolute Gasteiger partial charge is 0.325 e. The zero-order valence-corrected chi connectivity index (χ0v) is 15.5. The molecule has 0 heterocycles. The first-order chi connectivity index (χ1) is 11.8. The maximum absolute atomic E-state index is 12.7. The van der Waals surface area contributed by atoms with Gasteiger partial charge in [-0.1, -0.05) is 29.3 Å². The normalized spacial score (nSPS) is 14.7. The van der Waals surface area contributed by atoms with Crippen molar-refractivity contribution in [2.45, 2.75) is 26.7 Å². The summed E-state index contributed by atoms with van der Waals surface area (Å²) in [6.07, 6.45) is 1.03. The zero-order chi connectivity index (χ0) is 18.2. The SMILES string of the molecule is Cc1cc(C)cc(NC(=O)C2(C(=O)Nc3ccc(Cl)cc3Cl)CC2)c1. The van der Waals surface area contributed by atoms with Gasteiger partial charge in [-0.15, -0.1) is 0 Å². The number of aryl methyl sites for hydroxylation is 2. The minimum atomic E-state index is -1.04. The van der Waals surface area contributed by atoms with Gasteiger partial charge in [0.25, 0.3) is 0 Å². The lowest BCUT2D eigenvalue weighted by Crippen LogP contribution is -2.35. The van der Waals surface area contributed by atoms with Crippen molar-refractivity contribution in [3.63, 3.8) is 0 Å².